The molecule has 0 spiro atoms. The highest BCUT2D eigenvalue weighted by molar-refractivity contribution is 5.98. The number of aromatic hydroxyl groups is 1. The van der Waals surface area contributed by atoms with Gasteiger partial charge in [0, 0.05) is 19.3 Å². The van der Waals surface area contributed by atoms with E-state index in [0.717, 1.165) is 6.42 Å². The Bertz CT molecular complexity index is 935. The fourth-order valence-electron chi connectivity index (χ4n) is 3.08. The molecule has 7 nitrogen and oxygen atoms in total. The topological polar surface area (TPSA) is 106 Å². The van der Waals surface area contributed by atoms with Gasteiger partial charge in [-0.05, 0) is 36.1 Å². The van der Waals surface area contributed by atoms with Gasteiger partial charge in [0.2, 0.25) is 5.91 Å². The lowest BCUT2D eigenvalue weighted by atomic mass is 10.1. The van der Waals surface area contributed by atoms with Crippen LogP contribution < -0.4 is 11.3 Å². The number of amides is 2. The number of primary amides is 1. The molecule has 136 valence electrons. The van der Waals surface area contributed by atoms with Crippen LogP contribution in [-0.2, 0) is 6.54 Å². The second kappa shape index (κ2) is 6.67. The summed E-state index contributed by atoms with van der Waals surface area (Å²) in [6.45, 7) is 2.15. The molecule has 2 atom stereocenters. The summed E-state index contributed by atoms with van der Waals surface area (Å²) in [4.78, 5) is 38.8. The second-order valence-electron chi connectivity index (χ2n) is 6.81. The fourth-order valence-corrected chi connectivity index (χ4v) is 3.08. The van der Waals surface area contributed by atoms with Gasteiger partial charge < -0.3 is 20.3 Å². The van der Waals surface area contributed by atoms with E-state index in [4.69, 9.17) is 5.73 Å². The van der Waals surface area contributed by atoms with Crippen molar-refractivity contribution < 1.29 is 14.7 Å². The number of pyridine rings is 1. The first-order valence-corrected chi connectivity index (χ1v) is 8.37. The fraction of sp³-hybridized carbons (Fsp3) is 0.316. The van der Waals surface area contributed by atoms with Gasteiger partial charge in [0.25, 0.3) is 11.5 Å². The van der Waals surface area contributed by atoms with Gasteiger partial charge in [0.15, 0.2) is 0 Å². The van der Waals surface area contributed by atoms with Gasteiger partial charge in [-0.2, -0.15) is 0 Å². The summed E-state index contributed by atoms with van der Waals surface area (Å²) in [5, 5.41) is 9.59. The third-order valence-corrected chi connectivity index (χ3v) is 4.75. The van der Waals surface area contributed by atoms with Crippen LogP contribution in [0.4, 0.5) is 0 Å². The lowest BCUT2D eigenvalue weighted by Gasteiger charge is -2.18. The molecule has 0 saturated heterocycles. The molecule has 1 aromatic heterocycles. The van der Waals surface area contributed by atoms with Crippen LogP contribution in [0.25, 0.3) is 0 Å². The van der Waals surface area contributed by atoms with Crippen molar-refractivity contribution in [1.82, 2.24) is 9.47 Å². The van der Waals surface area contributed by atoms with E-state index in [2.05, 4.69) is 0 Å². The summed E-state index contributed by atoms with van der Waals surface area (Å²) in [6, 6.07) is 7.80. The third kappa shape index (κ3) is 3.46. The minimum atomic E-state index is -0.717. The van der Waals surface area contributed by atoms with Crippen LogP contribution in [0.5, 0.6) is 5.75 Å². The molecule has 0 bridgehead atoms. The average molecular weight is 355 g/mol. The first kappa shape index (κ1) is 17.7. The van der Waals surface area contributed by atoms with Crippen LogP contribution in [0.2, 0.25) is 0 Å². The molecular weight excluding hydrogens is 334 g/mol. The van der Waals surface area contributed by atoms with Crippen molar-refractivity contribution in [3.63, 3.8) is 0 Å². The molecule has 26 heavy (non-hydrogen) atoms. The normalized spacial score (nSPS) is 18.4. The van der Waals surface area contributed by atoms with Crippen molar-refractivity contribution >= 4 is 11.8 Å². The number of hydrogen-bond acceptors (Lipinski definition) is 4. The van der Waals surface area contributed by atoms with E-state index in [0.29, 0.717) is 11.5 Å². The summed E-state index contributed by atoms with van der Waals surface area (Å²) in [7, 11) is 1.66. The van der Waals surface area contributed by atoms with Gasteiger partial charge >= 0.3 is 0 Å². The second-order valence-corrected chi connectivity index (χ2v) is 6.81. The van der Waals surface area contributed by atoms with Crippen molar-refractivity contribution in [2.24, 2.45) is 11.7 Å². The smallest absolute Gasteiger partial charge is 0.263 e. The minimum absolute atomic E-state index is 0.0698. The zero-order valence-corrected chi connectivity index (χ0v) is 14.7. The van der Waals surface area contributed by atoms with Crippen molar-refractivity contribution in [3.05, 3.63) is 63.6 Å². The van der Waals surface area contributed by atoms with Gasteiger partial charge in [-0.15, -0.1) is 0 Å². The van der Waals surface area contributed by atoms with Crippen LogP contribution in [-0.4, -0.2) is 39.5 Å². The van der Waals surface area contributed by atoms with Crippen molar-refractivity contribution in [1.29, 1.82) is 0 Å². The SMILES string of the molecule is C[C@H]1C[C@@H]1N(C)C(=O)c1cc(C(N)=O)cn(Cc2cccc(O)c2)c1=O. The predicted molar refractivity (Wildman–Crippen MR) is 96.1 cm³/mol. The van der Waals surface area contributed by atoms with E-state index in [1.807, 2.05) is 6.92 Å². The highest BCUT2D eigenvalue weighted by atomic mass is 16.3. The van der Waals surface area contributed by atoms with Gasteiger partial charge in [-0.1, -0.05) is 19.1 Å². The molecule has 1 heterocycles. The number of hydrogen-bond donors (Lipinski definition) is 2. The molecular formula is C19H21N3O4. The van der Waals surface area contributed by atoms with Crippen LogP contribution in [0.15, 0.2) is 41.3 Å². The molecule has 3 N–H and O–H groups in total. The van der Waals surface area contributed by atoms with Gasteiger partial charge in [0.05, 0.1) is 12.1 Å². The highest BCUT2D eigenvalue weighted by Crippen LogP contribution is 2.34. The molecule has 2 aromatic rings. The molecule has 1 aromatic carbocycles. The number of phenols is 1. The van der Waals surface area contributed by atoms with Crippen molar-refractivity contribution in [3.8, 4) is 5.75 Å². The maximum atomic E-state index is 12.8. The maximum Gasteiger partial charge on any atom is 0.263 e. The summed E-state index contributed by atoms with van der Waals surface area (Å²) < 4.78 is 1.27. The number of benzene rings is 1. The molecule has 3 rings (SSSR count). The largest absolute Gasteiger partial charge is 0.508 e. The lowest BCUT2D eigenvalue weighted by Crippen LogP contribution is -2.37. The highest BCUT2D eigenvalue weighted by Gasteiger charge is 2.39. The predicted octanol–water partition coefficient (Wildman–Crippen LogP) is 1.18. The number of rotatable bonds is 5. The monoisotopic (exact) mass is 355 g/mol. The molecule has 1 aliphatic carbocycles. The number of phenolic OH excluding ortho intramolecular Hbond substituents is 1. The molecule has 1 saturated carbocycles. The Morgan fingerprint density at radius 2 is 2.04 bits per heavy atom. The minimum Gasteiger partial charge on any atom is -0.508 e. The number of nitrogens with zero attached hydrogens (tertiary/aromatic N) is 2. The summed E-state index contributed by atoms with van der Waals surface area (Å²) in [5.41, 5.74) is 5.54. The van der Waals surface area contributed by atoms with E-state index < -0.39 is 17.4 Å². The Balaban J connectivity index is 2.01. The van der Waals surface area contributed by atoms with E-state index in [1.54, 1.807) is 24.1 Å². The van der Waals surface area contributed by atoms with Gasteiger partial charge in [-0.3, -0.25) is 14.4 Å². The van der Waals surface area contributed by atoms with Crippen molar-refractivity contribution in [2.45, 2.75) is 25.9 Å². The van der Waals surface area contributed by atoms with Crippen LogP contribution in [0.1, 0.15) is 39.6 Å². The lowest BCUT2D eigenvalue weighted by molar-refractivity contribution is 0.0776. The first-order valence-electron chi connectivity index (χ1n) is 8.37. The van der Waals surface area contributed by atoms with E-state index >= 15 is 0 Å². The summed E-state index contributed by atoms with van der Waals surface area (Å²) in [5.74, 6) is -0.665. The van der Waals surface area contributed by atoms with Crippen LogP contribution in [0, 0.1) is 5.92 Å². The standard InChI is InChI=1S/C19H21N3O4/c1-11-6-16(11)21(2)18(25)15-8-13(17(20)24)10-22(19(15)26)9-12-4-3-5-14(23)7-12/h3-5,7-8,10-11,16,23H,6,9H2,1-2H3,(H2,20,24)/t11-,16-/m0/s1. The zero-order chi connectivity index (χ0) is 19.0. The molecule has 0 unspecified atom stereocenters. The van der Waals surface area contributed by atoms with Crippen molar-refractivity contribution in [2.75, 3.05) is 7.05 Å². The molecule has 0 radical (unpaired) electrons. The Hall–Kier alpha value is -3.09. The quantitative estimate of drug-likeness (QED) is 0.840. The molecule has 2 amide bonds. The molecule has 0 aliphatic heterocycles. The Labute approximate surface area is 150 Å². The molecule has 1 aliphatic rings. The Morgan fingerprint density at radius 3 is 2.62 bits per heavy atom. The summed E-state index contributed by atoms with van der Waals surface area (Å²) in [6.07, 6.45) is 2.24. The number of nitrogens with two attached hydrogens (primary N) is 1. The van der Waals surface area contributed by atoms with Gasteiger partial charge in [0.1, 0.15) is 11.3 Å². The summed E-state index contributed by atoms with van der Waals surface area (Å²) >= 11 is 0. The Morgan fingerprint density at radius 1 is 1.35 bits per heavy atom. The molecule has 7 heteroatoms. The number of carbonyl (C=O) groups is 2. The number of carbonyl (C=O) groups excluding carboxylic acids is 2. The Kier molecular flexibility index (Phi) is 4.54. The van der Waals surface area contributed by atoms with E-state index in [9.17, 15) is 19.5 Å². The first-order chi connectivity index (χ1) is 12.3. The van der Waals surface area contributed by atoms with Gasteiger partial charge in [-0.25, -0.2) is 0 Å². The van der Waals surface area contributed by atoms with E-state index in [-0.39, 0.29) is 29.5 Å². The van der Waals surface area contributed by atoms with E-state index in [1.165, 1.54) is 29.0 Å². The third-order valence-electron chi connectivity index (χ3n) is 4.75. The molecule has 1 fully saturated rings. The van der Waals surface area contributed by atoms with Crippen LogP contribution in [0.3, 0.4) is 0 Å². The maximum absolute atomic E-state index is 12.8. The van der Waals surface area contributed by atoms with Crippen LogP contribution >= 0.6 is 0 Å². The number of aromatic nitrogens is 1. The average Bonchev–Trinajstić information content (AvgIpc) is 3.32. The zero-order valence-electron chi connectivity index (χ0n) is 14.7.